The van der Waals surface area contributed by atoms with Crippen LogP contribution in [0.25, 0.3) is 0 Å². The van der Waals surface area contributed by atoms with Crippen LogP contribution in [-0.4, -0.2) is 36.9 Å². The Morgan fingerprint density at radius 3 is 2.21 bits per heavy atom. The Hall–Kier alpha value is -1.96. The first-order valence-electron chi connectivity index (χ1n) is 6.92. The molecule has 0 amide bonds. The number of carboxylic acids is 1. The largest absolute Gasteiger partial charge is 0.480 e. The molecule has 128 valence electrons. The average molecular weight is 372 g/mol. The third kappa shape index (κ3) is 4.11. The third-order valence-electron chi connectivity index (χ3n) is 3.56. The minimum Gasteiger partial charge on any atom is -0.480 e. The summed E-state index contributed by atoms with van der Waals surface area (Å²) in [5, 5.41) is 9.79. The highest BCUT2D eigenvalue weighted by Crippen LogP contribution is 2.21. The standard InChI is InChI=1S/C16H15ClFNO4S/c1-19(24(22,23)14-8-4-12(17)5-9-14)15(16(20)21)10-11-2-6-13(18)7-3-11/h2-9,15H,10H2,1H3,(H,20,21). The van der Waals surface area contributed by atoms with E-state index in [0.717, 1.165) is 4.31 Å². The first kappa shape index (κ1) is 18.4. The number of hydrogen-bond acceptors (Lipinski definition) is 3. The van der Waals surface area contributed by atoms with E-state index in [1.54, 1.807) is 0 Å². The number of benzene rings is 2. The number of carboxylic acid groups (broad SMARTS) is 1. The molecular formula is C16H15ClFNO4S. The van der Waals surface area contributed by atoms with Crippen LogP contribution >= 0.6 is 11.6 Å². The van der Waals surface area contributed by atoms with Crippen LogP contribution in [-0.2, 0) is 21.2 Å². The molecule has 8 heteroatoms. The normalized spacial score (nSPS) is 13.0. The van der Waals surface area contributed by atoms with Gasteiger partial charge in [-0.1, -0.05) is 23.7 Å². The monoisotopic (exact) mass is 371 g/mol. The summed E-state index contributed by atoms with van der Waals surface area (Å²) >= 11 is 5.74. The molecule has 0 spiro atoms. The highest BCUT2D eigenvalue weighted by Gasteiger charge is 2.32. The van der Waals surface area contributed by atoms with Crippen molar-refractivity contribution in [1.82, 2.24) is 4.31 Å². The summed E-state index contributed by atoms with van der Waals surface area (Å²) in [5.74, 6) is -1.74. The molecule has 2 aromatic carbocycles. The third-order valence-corrected chi connectivity index (χ3v) is 5.69. The topological polar surface area (TPSA) is 74.7 Å². The second kappa shape index (κ2) is 7.29. The van der Waals surface area contributed by atoms with E-state index in [1.807, 2.05) is 0 Å². The summed E-state index contributed by atoms with van der Waals surface area (Å²) in [6.07, 6.45) is -0.0844. The zero-order valence-corrected chi connectivity index (χ0v) is 14.3. The molecule has 1 atom stereocenters. The fourth-order valence-electron chi connectivity index (χ4n) is 2.16. The van der Waals surface area contributed by atoms with E-state index < -0.39 is 27.9 Å². The predicted molar refractivity (Wildman–Crippen MR) is 87.9 cm³/mol. The smallest absolute Gasteiger partial charge is 0.322 e. The first-order chi connectivity index (χ1) is 11.2. The van der Waals surface area contributed by atoms with Gasteiger partial charge in [-0.05, 0) is 48.4 Å². The number of carbonyl (C=O) groups is 1. The summed E-state index contributed by atoms with van der Waals surface area (Å²) in [5.41, 5.74) is 0.516. The van der Waals surface area contributed by atoms with Crippen LogP contribution in [0.5, 0.6) is 0 Å². The van der Waals surface area contributed by atoms with E-state index in [4.69, 9.17) is 11.6 Å². The molecule has 1 N–H and O–H groups in total. The summed E-state index contributed by atoms with van der Waals surface area (Å²) in [6, 6.07) is 9.37. The molecule has 0 aliphatic carbocycles. The van der Waals surface area contributed by atoms with Crippen LogP contribution in [0.2, 0.25) is 5.02 Å². The maximum absolute atomic E-state index is 13.0. The Kier molecular flexibility index (Phi) is 5.58. The Morgan fingerprint density at radius 1 is 1.17 bits per heavy atom. The van der Waals surface area contributed by atoms with Crippen molar-refractivity contribution in [2.45, 2.75) is 17.4 Å². The summed E-state index contributed by atoms with van der Waals surface area (Å²) < 4.78 is 38.9. The minimum atomic E-state index is -4.01. The SMILES string of the molecule is CN(C(Cc1ccc(F)cc1)C(=O)O)S(=O)(=O)c1ccc(Cl)cc1. The lowest BCUT2D eigenvalue weighted by molar-refractivity contribution is -0.141. The van der Waals surface area contributed by atoms with Crippen molar-refractivity contribution in [3.8, 4) is 0 Å². The van der Waals surface area contributed by atoms with E-state index in [2.05, 4.69) is 0 Å². The molecule has 1 unspecified atom stereocenters. The molecule has 0 aromatic heterocycles. The van der Waals surface area contributed by atoms with Gasteiger partial charge < -0.3 is 5.11 Å². The average Bonchev–Trinajstić information content (AvgIpc) is 2.53. The lowest BCUT2D eigenvalue weighted by atomic mass is 10.1. The molecule has 2 rings (SSSR count). The van der Waals surface area contributed by atoms with E-state index in [-0.39, 0.29) is 11.3 Å². The van der Waals surface area contributed by atoms with Crippen molar-refractivity contribution in [2.24, 2.45) is 0 Å². The second-order valence-electron chi connectivity index (χ2n) is 5.16. The van der Waals surface area contributed by atoms with Crippen LogP contribution in [0, 0.1) is 5.82 Å². The number of likely N-dealkylation sites (N-methyl/N-ethyl adjacent to an activating group) is 1. The van der Waals surface area contributed by atoms with Gasteiger partial charge in [-0.25, -0.2) is 12.8 Å². The van der Waals surface area contributed by atoms with Gasteiger partial charge in [0.1, 0.15) is 11.9 Å². The van der Waals surface area contributed by atoms with Crippen molar-refractivity contribution >= 4 is 27.6 Å². The molecule has 0 saturated carbocycles. The zero-order chi connectivity index (χ0) is 17.9. The van der Waals surface area contributed by atoms with Gasteiger partial charge in [0.25, 0.3) is 0 Å². The summed E-state index contributed by atoms with van der Waals surface area (Å²) in [6.45, 7) is 0. The lowest BCUT2D eigenvalue weighted by Gasteiger charge is -2.24. The Morgan fingerprint density at radius 2 is 1.71 bits per heavy atom. The maximum atomic E-state index is 13.0. The van der Waals surface area contributed by atoms with E-state index in [1.165, 1.54) is 55.6 Å². The molecule has 0 aliphatic rings. The zero-order valence-electron chi connectivity index (χ0n) is 12.7. The fourth-order valence-corrected chi connectivity index (χ4v) is 3.59. The van der Waals surface area contributed by atoms with Crippen LogP contribution in [0.15, 0.2) is 53.4 Å². The van der Waals surface area contributed by atoms with Crippen LogP contribution < -0.4 is 0 Å². The quantitative estimate of drug-likeness (QED) is 0.847. The molecule has 0 radical (unpaired) electrons. The number of hydrogen-bond donors (Lipinski definition) is 1. The van der Waals surface area contributed by atoms with E-state index in [9.17, 15) is 22.7 Å². The van der Waals surface area contributed by atoms with Gasteiger partial charge in [-0.3, -0.25) is 4.79 Å². The fraction of sp³-hybridized carbons (Fsp3) is 0.188. The Balaban J connectivity index is 2.31. The number of aliphatic carboxylic acids is 1. The van der Waals surface area contributed by atoms with Crippen LogP contribution in [0.1, 0.15) is 5.56 Å². The van der Waals surface area contributed by atoms with Gasteiger partial charge >= 0.3 is 5.97 Å². The molecule has 0 fully saturated rings. The molecule has 24 heavy (non-hydrogen) atoms. The number of rotatable bonds is 6. The van der Waals surface area contributed by atoms with Crippen LogP contribution in [0.3, 0.4) is 0 Å². The summed E-state index contributed by atoms with van der Waals surface area (Å²) in [7, 11) is -2.81. The van der Waals surface area contributed by atoms with Gasteiger partial charge in [-0.15, -0.1) is 0 Å². The van der Waals surface area contributed by atoms with Gasteiger partial charge in [0, 0.05) is 12.1 Å². The molecule has 0 aliphatic heterocycles. The van der Waals surface area contributed by atoms with Crippen LogP contribution in [0.4, 0.5) is 4.39 Å². The highest BCUT2D eigenvalue weighted by molar-refractivity contribution is 7.89. The van der Waals surface area contributed by atoms with Gasteiger partial charge in [0.2, 0.25) is 10.0 Å². The Labute approximate surface area is 144 Å². The molecule has 0 heterocycles. The van der Waals surface area contributed by atoms with Crippen molar-refractivity contribution < 1.29 is 22.7 Å². The molecule has 0 saturated heterocycles. The summed E-state index contributed by atoms with van der Waals surface area (Å²) in [4.78, 5) is 11.5. The van der Waals surface area contributed by atoms with Gasteiger partial charge in [0.05, 0.1) is 4.90 Å². The predicted octanol–water partition coefficient (Wildman–Crippen LogP) is 2.80. The maximum Gasteiger partial charge on any atom is 0.322 e. The van der Waals surface area contributed by atoms with Crippen molar-refractivity contribution in [3.63, 3.8) is 0 Å². The van der Waals surface area contributed by atoms with Gasteiger partial charge in [-0.2, -0.15) is 4.31 Å². The molecule has 0 bridgehead atoms. The number of halogens is 2. The molecular weight excluding hydrogens is 357 g/mol. The van der Waals surface area contributed by atoms with Gasteiger partial charge in [0.15, 0.2) is 0 Å². The van der Waals surface area contributed by atoms with E-state index >= 15 is 0 Å². The molecule has 5 nitrogen and oxygen atoms in total. The van der Waals surface area contributed by atoms with Crippen molar-refractivity contribution in [3.05, 3.63) is 64.9 Å². The minimum absolute atomic E-state index is 0.0558. The highest BCUT2D eigenvalue weighted by atomic mass is 35.5. The second-order valence-corrected chi connectivity index (χ2v) is 7.59. The number of nitrogens with zero attached hydrogens (tertiary/aromatic N) is 1. The van der Waals surface area contributed by atoms with Crippen molar-refractivity contribution in [2.75, 3.05) is 7.05 Å². The first-order valence-corrected chi connectivity index (χ1v) is 8.74. The lowest BCUT2D eigenvalue weighted by Crippen LogP contribution is -2.43. The number of sulfonamides is 1. The van der Waals surface area contributed by atoms with E-state index in [0.29, 0.717) is 10.6 Å². The van der Waals surface area contributed by atoms with Crippen molar-refractivity contribution in [1.29, 1.82) is 0 Å². The molecule has 2 aromatic rings. The Bertz CT molecular complexity index is 822.